The fourth-order valence-electron chi connectivity index (χ4n) is 4.68. The highest BCUT2D eigenvalue weighted by Crippen LogP contribution is 2.27. The van der Waals surface area contributed by atoms with E-state index in [0.717, 1.165) is 19.9 Å². The SMILES string of the molecule is CCOc1ccc(N(CC(=O)N(Cc2cccc(Br)c2)[C@H](Cc2ccccc2)C(=O)NC)S(=O)(=O)c2ccccc2)cc1. The van der Waals surface area contributed by atoms with Gasteiger partial charge >= 0.3 is 0 Å². The Balaban J connectivity index is 1.77. The van der Waals surface area contributed by atoms with Gasteiger partial charge in [-0.3, -0.25) is 13.9 Å². The molecule has 224 valence electrons. The molecule has 4 aromatic carbocycles. The average Bonchev–Trinajstić information content (AvgIpc) is 3.02. The first-order chi connectivity index (χ1) is 20.7. The third-order valence-corrected chi connectivity index (χ3v) is 9.09. The molecule has 0 radical (unpaired) electrons. The number of halogens is 1. The molecule has 0 aromatic heterocycles. The van der Waals surface area contributed by atoms with Crippen molar-refractivity contribution in [2.45, 2.75) is 30.8 Å². The zero-order valence-corrected chi connectivity index (χ0v) is 26.4. The van der Waals surface area contributed by atoms with Crippen molar-refractivity contribution in [3.8, 4) is 5.75 Å². The minimum Gasteiger partial charge on any atom is -0.494 e. The highest BCUT2D eigenvalue weighted by Gasteiger charge is 2.34. The van der Waals surface area contributed by atoms with E-state index in [-0.39, 0.29) is 23.8 Å². The number of amides is 2. The number of likely N-dealkylation sites (N-methyl/N-ethyl adjacent to an activating group) is 1. The monoisotopic (exact) mass is 663 g/mol. The molecule has 0 fully saturated rings. The molecule has 43 heavy (non-hydrogen) atoms. The maximum Gasteiger partial charge on any atom is 0.264 e. The number of nitrogens with zero attached hydrogens (tertiary/aromatic N) is 2. The lowest BCUT2D eigenvalue weighted by Crippen LogP contribution is -2.53. The first-order valence-electron chi connectivity index (χ1n) is 13.8. The number of benzene rings is 4. The van der Waals surface area contributed by atoms with Crippen molar-refractivity contribution < 1.29 is 22.7 Å². The molecule has 1 atom stereocenters. The van der Waals surface area contributed by atoms with Crippen LogP contribution in [-0.2, 0) is 32.6 Å². The van der Waals surface area contributed by atoms with E-state index in [2.05, 4.69) is 21.2 Å². The zero-order valence-electron chi connectivity index (χ0n) is 24.0. The largest absolute Gasteiger partial charge is 0.494 e. The van der Waals surface area contributed by atoms with Crippen LogP contribution in [0.1, 0.15) is 18.1 Å². The van der Waals surface area contributed by atoms with Gasteiger partial charge in [-0.2, -0.15) is 0 Å². The lowest BCUT2D eigenvalue weighted by Gasteiger charge is -2.33. The molecule has 10 heteroatoms. The molecule has 0 aliphatic heterocycles. The number of sulfonamides is 1. The van der Waals surface area contributed by atoms with E-state index in [4.69, 9.17) is 4.74 Å². The smallest absolute Gasteiger partial charge is 0.264 e. The van der Waals surface area contributed by atoms with Gasteiger partial charge in [0.25, 0.3) is 10.0 Å². The first kappa shape index (κ1) is 31.8. The van der Waals surface area contributed by atoms with Crippen molar-refractivity contribution in [1.29, 1.82) is 0 Å². The lowest BCUT2D eigenvalue weighted by molar-refractivity contribution is -0.139. The summed E-state index contributed by atoms with van der Waals surface area (Å²) in [4.78, 5) is 29.1. The predicted molar refractivity (Wildman–Crippen MR) is 171 cm³/mol. The fourth-order valence-corrected chi connectivity index (χ4v) is 6.56. The highest BCUT2D eigenvalue weighted by molar-refractivity contribution is 9.10. The van der Waals surface area contributed by atoms with Gasteiger partial charge in [0.15, 0.2) is 0 Å². The molecule has 2 amide bonds. The van der Waals surface area contributed by atoms with Gasteiger partial charge in [0, 0.05) is 24.5 Å². The van der Waals surface area contributed by atoms with Gasteiger partial charge in [0.2, 0.25) is 11.8 Å². The summed E-state index contributed by atoms with van der Waals surface area (Å²) < 4.78 is 35.4. The Labute approximate surface area is 261 Å². The Hall–Kier alpha value is -4.15. The summed E-state index contributed by atoms with van der Waals surface area (Å²) in [6.45, 7) is 1.88. The summed E-state index contributed by atoms with van der Waals surface area (Å²) in [5.41, 5.74) is 1.94. The van der Waals surface area contributed by atoms with E-state index in [0.29, 0.717) is 18.0 Å². The Morgan fingerprint density at radius 3 is 2.09 bits per heavy atom. The third-order valence-electron chi connectivity index (χ3n) is 6.81. The maximum atomic E-state index is 14.3. The molecular formula is C33H34BrN3O5S. The van der Waals surface area contributed by atoms with Crippen LogP contribution in [0.5, 0.6) is 5.75 Å². The summed E-state index contributed by atoms with van der Waals surface area (Å²) >= 11 is 3.48. The molecule has 0 aliphatic carbocycles. The van der Waals surface area contributed by atoms with Crippen molar-refractivity contribution in [1.82, 2.24) is 10.2 Å². The van der Waals surface area contributed by atoms with Crippen molar-refractivity contribution in [2.24, 2.45) is 0 Å². The molecular weight excluding hydrogens is 630 g/mol. The maximum absolute atomic E-state index is 14.3. The zero-order chi connectivity index (χ0) is 30.8. The molecule has 0 unspecified atom stereocenters. The van der Waals surface area contributed by atoms with Gasteiger partial charge in [-0.1, -0.05) is 76.6 Å². The second-order valence-electron chi connectivity index (χ2n) is 9.72. The van der Waals surface area contributed by atoms with Crippen LogP contribution in [0.25, 0.3) is 0 Å². The second-order valence-corrected chi connectivity index (χ2v) is 12.5. The van der Waals surface area contributed by atoms with Crippen LogP contribution in [0.3, 0.4) is 0 Å². The number of rotatable bonds is 13. The fraction of sp³-hybridized carbons (Fsp3) is 0.212. The number of hydrogen-bond acceptors (Lipinski definition) is 5. The molecule has 8 nitrogen and oxygen atoms in total. The van der Waals surface area contributed by atoms with E-state index in [1.54, 1.807) is 42.5 Å². The molecule has 4 rings (SSSR count). The van der Waals surface area contributed by atoms with Gasteiger partial charge in [-0.25, -0.2) is 8.42 Å². The van der Waals surface area contributed by atoms with E-state index in [9.17, 15) is 18.0 Å². The highest BCUT2D eigenvalue weighted by atomic mass is 79.9. The second kappa shape index (κ2) is 14.8. The Morgan fingerprint density at radius 2 is 1.49 bits per heavy atom. The molecule has 4 aromatic rings. The Bertz CT molecular complexity index is 1620. The lowest BCUT2D eigenvalue weighted by atomic mass is 10.0. The van der Waals surface area contributed by atoms with Crippen LogP contribution in [0.2, 0.25) is 0 Å². The summed E-state index contributed by atoms with van der Waals surface area (Å²) in [7, 11) is -2.64. The minimum atomic E-state index is -4.16. The Kier molecular flexibility index (Phi) is 11.0. The predicted octanol–water partition coefficient (Wildman–Crippen LogP) is 5.43. The van der Waals surface area contributed by atoms with Crippen molar-refractivity contribution in [2.75, 3.05) is 24.5 Å². The molecule has 0 saturated carbocycles. The Morgan fingerprint density at radius 1 is 0.860 bits per heavy atom. The first-order valence-corrected chi connectivity index (χ1v) is 16.1. The summed E-state index contributed by atoms with van der Waals surface area (Å²) in [6, 6.07) is 30.5. The van der Waals surface area contributed by atoms with Crippen LogP contribution in [0.4, 0.5) is 5.69 Å². The molecule has 0 aliphatic rings. The summed E-state index contributed by atoms with van der Waals surface area (Å²) in [5, 5.41) is 2.69. The van der Waals surface area contributed by atoms with Gasteiger partial charge in [-0.05, 0) is 66.6 Å². The van der Waals surface area contributed by atoms with Crippen LogP contribution < -0.4 is 14.4 Å². The normalized spacial score (nSPS) is 11.8. The van der Waals surface area contributed by atoms with Crippen LogP contribution in [-0.4, -0.2) is 51.4 Å². The third kappa shape index (κ3) is 8.24. The van der Waals surface area contributed by atoms with E-state index < -0.39 is 28.5 Å². The van der Waals surface area contributed by atoms with E-state index in [1.807, 2.05) is 61.5 Å². The van der Waals surface area contributed by atoms with Crippen molar-refractivity contribution in [3.05, 3.63) is 125 Å². The minimum absolute atomic E-state index is 0.0439. The molecule has 0 heterocycles. The number of carbonyl (C=O) groups is 2. The van der Waals surface area contributed by atoms with Gasteiger partial charge in [-0.15, -0.1) is 0 Å². The molecule has 0 saturated heterocycles. The van der Waals surface area contributed by atoms with Crippen LogP contribution >= 0.6 is 15.9 Å². The number of ether oxygens (including phenoxy) is 1. The van der Waals surface area contributed by atoms with Crippen molar-refractivity contribution in [3.63, 3.8) is 0 Å². The van der Waals surface area contributed by atoms with Crippen LogP contribution in [0, 0.1) is 0 Å². The quantitative estimate of drug-likeness (QED) is 0.206. The van der Waals surface area contributed by atoms with Gasteiger partial charge in [0.1, 0.15) is 18.3 Å². The molecule has 1 N–H and O–H groups in total. The topological polar surface area (TPSA) is 96.0 Å². The number of anilines is 1. The molecule has 0 spiro atoms. The van der Waals surface area contributed by atoms with Gasteiger partial charge in [0.05, 0.1) is 17.2 Å². The van der Waals surface area contributed by atoms with Crippen molar-refractivity contribution >= 4 is 43.5 Å². The summed E-state index contributed by atoms with van der Waals surface area (Å²) in [5.74, 6) is -0.308. The average molecular weight is 665 g/mol. The van der Waals surface area contributed by atoms with Gasteiger partial charge < -0.3 is 15.0 Å². The number of hydrogen-bond donors (Lipinski definition) is 1. The van der Waals surface area contributed by atoms with E-state index in [1.165, 1.54) is 24.1 Å². The molecule has 0 bridgehead atoms. The number of carbonyl (C=O) groups excluding carboxylic acids is 2. The standard InChI is InChI=1S/C33H34BrN3O5S/c1-3-42-29-19-17-28(18-20-29)37(43(40,41)30-15-8-5-9-16-30)24-32(38)36(23-26-13-10-14-27(34)21-26)31(33(39)35-2)22-25-11-6-4-7-12-25/h4-21,31H,3,22-24H2,1-2H3,(H,35,39)/t31-/m1/s1. The van der Waals surface area contributed by atoms with Crippen LogP contribution in [0.15, 0.2) is 119 Å². The van der Waals surface area contributed by atoms with E-state index >= 15 is 0 Å². The number of nitrogens with one attached hydrogen (secondary N) is 1. The summed E-state index contributed by atoms with van der Waals surface area (Å²) in [6.07, 6.45) is 0.245.